The van der Waals surface area contributed by atoms with E-state index in [0.29, 0.717) is 11.3 Å². The maximum absolute atomic E-state index is 9.86. The summed E-state index contributed by atoms with van der Waals surface area (Å²) in [6, 6.07) is 0. The van der Waals surface area contributed by atoms with Crippen LogP contribution >= 0.6 is 0 Å². The number of hydrogen-bond acceptors (Lipinski definition) is 2. The molecule has 15 heavy (non-hydrogen) atoms. The van der Waals surface area contributed by atoms with Crippen molar-refractivity contribution in [2.24, 2.45) is 23.2 Å². The van der Waals surface area contributed by atoms with Gasteiger partial charge in [-0.05, 0) is 61.7 Å². The lowest BCUT2D eigenvalue weighted by atomic mass is 9.46. The number of aliphatic hydroxyl groups excluding tert-OH is 2. The Labute approximate surface area is 91.7 Å². The van der Waals surface area contributed by atoms with Crippen molar-refractivity contribution in [3.05, 3.63) is 0 Å². The van der Waals surface area contributed by atoms with Gasteiger partial charge < -0.3 is 10.2 Å². The monoisotopic (exact) mass is 210 g/mol. The fraction of sp³-hybridized carbons (Fsp3) is 1.00. The van der Waals surface area contributed by atoms with E-state index in [4.69, 9.17) is 0 Å². The van der Waals surface area contributed by atoms with E-state index in [9.17, 15) is 10.2 Å². The van der Waals surface area contributed by atoms with E-state index >= 15 is 0 Å². The lowest BCUT2D eigenvalue weighted by Gasteiger charge is -2.60. The lowest BCUT2D eigenvalue weighted by molar-refractivity contribution is -0.152. The highest BCUT2D eigenvalue weighted by atomic mass is 16.3. The Balaban J connectivity index is 1.84. The standard InChI is InChI=1S/C13H22O2/c1-13-7-12(15)11(14)6-9(13)4-2-8-3-5-10(8)13/h8-12,14-15H,2-7H2,1H3/t8?,9-,10?,11-,12-,13-/m0/s1. The molecule has 3 aliphatic rings. The fourth-order valence-corrected chi connectivity index (χ4v) is 4.57. The van der Waals surface area contributed by atoms with Gasteiger partial charge in [-0.1, -0.05) is 6.92 Å². The molecule has 0 aromatic heterocycles. The lowest BCUT2D eigenvalue weighted by Crippen LogP contribution is -2.55. The highest BCUT2D eigenvalue weighted by Crippen LogP contribution is 2.61. The minimum absolute atomic E-state index is 0.333. The maximum Gasteiger partial charge on any atom is 0.0804 e. The zero-order chi connectivity index (χ0) is 10.6. The minimum Gasteiger partial charge on any atom is -0.390 e. The van der Waals surface area contributed by atoms with Gasteiger partial charge in [0.2, 0.25) is 0 Å². The van der Waals surface area contributed by atoms with Crippen LogP contribution in [0.15, 0.2) is 0 Å². The van der Waals surface area contributed by atoms with E-state index in [0.717, 1.165) is 24.7 Å². The van der Waals surface area contributed by atoms with Crippen LogP contribution in [0, 0.1) is 23.2 Å². The van der Waals surface area contributed by atoms with Crippen LogP contribution in [0.1, 0.15) is 45.4 Å². The molecule has 0 radical (unpaired) electrons. The zero-order valence-corrected chi connectivity index (χ0v) is 9.52. The molecular weight excluding hydrogens is 188 g/mol. The summed E-state index contributed by atoms with van der Waals surface area (Å²) in [6.07, 6.45) is 6.16. The quantitative estimate of drug-likeness (QED) is 0.641. The molecule has 0 amide bonds. The number of hydrogen-bond donors (Lipinski definition) is 2. The van der Waals surface area contributed by atoms with Crippen LogP contribution in [0.4, 0.5) is 0 Å². The first kappa shape index (κ1) is 10.1. The minimum atomic E-state index is -0.467. The number of rotatable bonds is 0. The smallest absolute Gasteiger partial charge is 0.0804 e. The molecule has 86 valence electrons. The third-order valence-electron chi connectivity index (χ3n) is 5.70. The molecule has 0 heterocycles. The van der Waals surface area contributed by atoms with Crippen molar-refractivity contribution < 1.29 is 10.2 Å². The Kier molecular flexibility index (Phi) is 2.16. The van der Waals surface area contributed by atoms with Crippen LogP contribution in [-0.2, 0) is 0 Å². The van der Waals surface area contributed by atoms with E-state index in [1.807, 2.05) is 0 Å². The summed E-state index contributed by atoms with van der Waals surface area (Å²) in [4.78, 5) is 0. The Morgan fingerprint density at radius 1 is 1.00 bits per heavy atom. The molecule has 3 rings (SSSR count). The molecular formula is C13H22O2. The average Bonchev–Trinajstić information content (AvgIpc) is 2.10. The van der Waals surface area contributed by atoms with Crippen LogP contribution in [0.3, 0.4) is 0 Å². The number of fused-ring (bicyclic) bond motifs is 3. The molecule has 0 aromatic rings. The summed E-state index contributed by atoms with van der Waals surface area (Å²) in [6.45, 7) is 2.36. The summed E-state index contributed by atoms with van der Waals surface area (Å²) in [5.41, 5.74) is 0.333. The van der Waals surface area contributed by atoms with Crippen LogP contribution in [-0.4, -0.2) is 22.4 Å². The molecule has 0 aliphatic heterocycles. The van der Waals surface area contributed by atoms with Gasteiger partial charge in [0, 0.05) is 0 Å². The van der Waals surface area contributed by atoms with Gasteiger partial charge in [0.1, 0.15) is 0 Å². The molecule has 2 heteroatoms. The van der Waals surface area contributed by atoms with Gasteiger partial charge in [0.25, 0.3) is 0 Å². The Bertz CT molecular complexity index is 265. The van der Waals surface area contributed by atoms with Gasteiger partial charge in [-0.15, -0.1) is 0 Å². The first-order chi connectivity index (χ1) is 7.11. The van der Waals surface area contributed by atoms with Crippen molar-refractivity contribution in [2.75, 3.05) is 0 Å². The molecule has 0 saturated heterocycles. The van der Waals surface area contributed by atoms with Crippen molar-refractivity contribution in [1.29, 1.82) is 0 Å². The van der Waals surface area contributed by atoms with Crippen LogP contribution in [0.5, 0.6) is 0 Å². The van der Waals surface area contributed by atoms with Gasteiger partial charge in [-0.25, -0.2) is 0 Å². The summed E-state index contributed by atoms with van der Waals surface area (Å²) in [5, 5.41) is 19.6. The second kappa shape index (κ2) is 3.21. The van der Waals surface area contributed by atoms with Crippen LogP contribution in [0.2, 0.25) is 0 Å². The van der Waals surface area contributed by atoms with Crippen molar-refractivity contribution in [1.82, 2.24) is 0 Å². The van der Waals surface area contributed by atoms with Gasteiger partial charge in [0.05, 0.1) is 12.2 Å². The van der Waals surface area contributed by atoms with Gasteiger partial charge in [-0.2, -0.15) is 0 Å². The topological polar surface area (TPSA) is 40.5 Å². The third-order valence-corrected chi connectivity index (χ3v) is 5.70. The molecule has 2 nitrogen and oxygen atoms in total. The van der Waals surface area contributed by atoms with Gasteiger partial charge in [0.15, 0.2) is 0 Å². The van der Waals surface area contributed by atoms with E-state index in [1.165, 1.54) is 25.7 Å². The van der Waals surface area contributed by atoms with Crippen molar-refractivity contribution in [2.45, 2.75) is 57.7 Å². The first-order valence-corrected chi connectivity index (χ1v) is 6.47. The predicted molar refractivity (Wildman–Crippen MR) is 58.3 cm³/mol. The van der Waals surface area contributed by atoms with Gasteiger partial charge in [-0.3, -0.25) is 0 Å². The van der Waals surface area contributed by atoms with Crippen molar-refractivity contribution in [3.63, 3.8) is 0 Å². The normalized spacial score (nSPS) is 59.0. The summed E-state index contributed by atoms with van der Waals surface area (Å²) >= 11 is 0. The molecule has 0 bridgehead atoms. The zero-order valence-electron chi connectivity index (χ0n) is 9.52. The molecule has 0 spiro atoms. The average molecular weight is 210 g/mol. The second-order valence-corrected chi connectivity index (χ2v) is 6.30. The van der Waals surface area contributed by atoms with Crippen LogP contribution in [0.25, 0.3) is 0 Å². The molecule has 3 saturated carbocycles. The number of aliphatic hydroxyl groups is 2. The Morgan fingerprint density at radius 2 is 1.73 bits per heavy atom. The summed E-state index contributed by atoms with van der Waals surface area (Å²) in [7, 11) is 0. The van der Waals surface area contributed by atoms with Gasteiger partial charge >= 0.3 is 0 Å². The highest BCUT2D eigenvalue weighted by molar-refractivity contribution is 5.05. The summed E-state index contributed by atoms with van der Waals surface area (Å²) in [5.74, 6) is 2.45. The molecule has 2 unspecified atom stereocenters. The predicted octanol–water partition coefficient (Wildman–Crippen LogP) is 1.94. The molecule has 2 N–H and O–H groups in total. The maximum atomic E-state index is 9.86. The van der Waals surface area contributed by atoms with E-state index in [-0.39, 0.29) is 0 Å². The third kappa shape index (κ3) is 1.31. The van der Waals surface area contributed by atoms with E-state index in [2.05, 4.69) is 6.92 Å². The van der Waals surface area contributed by atoms with E-state index < -0.39 is 12.2 Å². The molecule has 6 atom stereocenters. The molecule has 3 fully saturated rings. The fourth-order valence-electron chi connectivity index (χ4n) is 4.57. The van der Waals surface area contributed by atoms with Crippen molar-refractivity contribution in [3.8, 4) is 0 Å². The molecule has 0 aromatic carbocycles. The SMILES string of the molecule is C[C@]12C[C@H](O)[C@@H](O)C[C@@H]1CCC1CCC12. The van der Waals surface area contributed by atoms with E-state index in [1.54, 1.807) is 0 Å². The van der Waals surface area contributed by atoms with Crippen molar-refractivity contribution >= 4 is 0 Å². The first-order valence-electron chi connectivity index (χ1n) is 6.47. The summed E-state index contributed by atoms with van der Waals surface area (Å²) < 4.78 is 0. The van der Waals surface area contributed by atoms with Crippen LogP contribution < -0.4 is 0 Å². The Hall–Kier alpha value is -0.0800. The Morgan fingerprint density at radius 3 is 2.40 bits per heavy atom. The molecule has 3 aliphatic carbocycles. The highest BCUT2D eigenvalue weighted by Gasteiger charge is 2.55. The second-order valence-electron chi connectivity index (χ2n) is 6.30. The largest absolute Gasteiger partial charge is 0.390 e.